The van der Waals surface area contributed by atoms with Crippen molar-refractivity contribution in [3.8, 4) is 0 Å². The van der Waals surface area contributed by atoms with Crippen molar-refractivity contribution in [2.45, 2.75) is 232 Å². The summed E-state index contributed by atoms with van der Waals surface area (Å²) in [7, 11) is -4.52. The van der Waals surface area contributed by atoms with Crippen LogP contribution in [-0.2, 0) is 27.9 Å². The number of allylic oxidation sites excluding steroid dienone is 4. The van der Waals surface area contributed by atoms with E-state index < -0.39 is 33.2 Å². The second kappa shape index (κ2) is 43.5. The Bertz CT molecular complexity index is 928. The maximum atomic E-state index is 12.6. The molecule has 0 aromatic rings. The molecule has 0 heterocycles. The molecule has 56 heavy (non-hydrogen) atoms. The zero-order chi connectivity index (χ0) is 41.1. The molecule has 0 aromatic carbocycles. The van der Waals surface area contributed by atoms with Gasteiger partial charge in [-0.2, -0.15) is 0 Å². The Morgan fingerprint density at radius 1 is 0.554 bits per heavy atom. The van der Waals surface area contributed by atoms with E-state index in [4.69, 9.17) is 23.6 Å². The fourth-order valence-corrected chi connectivity index (χ4v) is 7.35. The zero-order valence-electron chi connectivity index (χ0n) is 36.4. The Labute approximate surface area is 344 Å². The molecule has 0 spiro atoms. The summed E-state index contributed by atoms with van der Waals surface area (Å²) in [4.78, 5) is 22.6. The largest absolute Gasteiger partial charge is 0.472 e. The fraction of sp³-hybridized carbons (Fsp3) is 0.891. The summed E-state index contributed by atoms with van der Waals surface area (Å²) in [5.74, 6) is -0.383. The molecule has 3 N–H and O–H groups in total. The molecule has 3 unspecified atom stereocenters. The van der Waals surface area contributed by atoms with E-state index in [1.54, 1.807) is 0 Å². The Morgan fingerprint density at radius 2 is 0.964 bits per heavy atom. The molecular formula is C46H89O9P. The van der Waals surface area contributed by atoms with Gasteiger partial charge in [0.25, 0.3) is 0 Å². The van der Waals surface area contributed by atoms with Gasteiger partial charge in [-0.3, -0.25) is 13.8 Å². The van der Waals surface area contributed by atoms with E-state index in [0.717, 1.165) is 38.5 Å². The normalized spacial score (nSPS) is 14.2. The molecule has 0 rings (SSSR count). The van der Waals surface area contributed by atoms with Gasteiger partial charge in [-0.1, -0.05) is 192 Å². The standard InChI is InChI=1S/C46H89O9P/c1-3-5-7-9-11-13-15-17-19-20-21-22-23-24-25-26-28-30-32-34-36-38-46(49)55-45(43-54-56(50,51)53-41-44(48)40-47)42-52-39-37-35-33-31-29-27-18-16-14-12-10-8-6-4-2/h15,17,20-21,44-45,47-48H,3-14,16,18-19,22-43H2,1-2H3,(H,50,51)/b17-15-,21-20-. The predicted molar refractivity (Wildman–Crippen MR) is 233 cm³/mol. The van der Waals surface area contributed by atoms with Gasteiger partial charge in [0.15, 0.2) is 0 Å². The van der Waals surface area contributed by atoms with Crippen LogP contribution in [0.5, 0.6) is 0 Å². The first-order chi connectivity index (χ1) is 27.3. The Balaban J connectivity index is 4.10. The number of carbonyl (C=O) groups is 1. The van der Waals surface area contributed by atoms with Crippen molar-refractivity contribution in [2.75, 3.05) is 33.0 Å². The average molecular weight is 817 g/mol. The number of unbranched alkanes of at least 4 members (excludes halogenated alkanes) is 27. The van der Waals surface area contributed by atoms with Crippen molar-refractivity contribution in [1.82, 2.24) is 0 Å². The molecule has 332 valence electrons. The molecule has 9 nitrogen and oxygen atoms in total. The van der Waals surface area contributed by atoms with E-state index in [0.29, 0.717) is 6.61 Å². The van der Waals surface area contributed by atoms with Crippen molar-refractivity contribution in [3.63, 3.8) is 0 Å². The quantitative estimate of drug-likeness (QED) is 0.0238. The maximum absolute atomic E-state index is 12.6. The summed E-state index contributed by atoms with van der Waals surface area (Å²) in [6.07, 6.45) is 45.6. The minimum atomic E-state index is -4.52. The van der Waals surface area contributed by atoms with E-state index in [-0.39, 0.29) is 25.6 Å². The second-order valence-electron chi connectivity index (χ2n) is 15.8. The Kier molecular flexibility index (Phi) is 42.7. The highest BCUT2D eigenvalue weighted by atomic mass is 31.2. The van der Waals surface area contributed by atoms with Gasteiger partial charge in [-0.15, -0.1) is 0 Å². The van der Waals surface area contributed by atoms with Crippen molar-refractivity contribution < 1.29 is 43.0 Å². The van der Waals surface area contributed by atoms with Crippen LogP contribution in [0.1, 0.15) is 219 Å². The number of ether oxygens (including phenoxy) is 2. The van der Waals surface area contributed by atoms with Crippen LogP contribution in [0, 0.1) is 0 Å². The lowest BCUT2D eigenvalue weighted by molar-refractivity contribution is -0.154. The lowest BCUT2D eigenvalue weighted by Crippen LogP contribution is -2.29. The van der Waals surface area contributed by atoms with Gasteiger partial charge in [0.05, 0.1) is 26.4 Å². The number of phosphoric acid groups is 1. The number of esters is 1. The highest BCUT2D eigenvalue weighted by molar-refractivity contribution is 7.47. The minimum Gasteiger partial charge on any atom is -0.457 e. The number of hydrogen-bond acceptors (Lipinski definition) is 8. The smallest absolute Gasteiger partial charge is 0.457 e. The number of aliphatic hydroxyl groups is 2. The Morgan fingerprint density at radius 3 is 1.43 bits per heavy atom. The number of rotatable bonds is 45. The zero-order valence-corrected chi connectivity index (χ0v) is 37.3. The number of phosphoric ester groups is 1. The van der Waals surface area contributed by atoms with Crippen LogP contribution in [0.2, 0.25) is 0 Å². The molecule has 0 saturated carbocycles. The molecule has 0 radical (unpaired) electrons. The highest BCUT2D eigenvalue weighted by Crippen LogP contribution is 2.43. The first-order valence-corrected chi connectivity index (χ1v) is 24.8. The van der Waals surface area contributed by atoms with Crippen molar-refractivity contribution in [2.24, 2.45) is 0 Å². The van der Waals surface area contributed by atoms with E-state index >= 15 is 0 Å². The van der Waals surface area contributed by atoms with Crippen molar-refractivity contribution in [1.29, 1.82) is 0 Å². The lowest BCUT2D eigenvalue weighted by Gasteiger charge is -2.20. The average Bonchev–Trinajstić information content (AvgIpc) is 3.19. The summed E-state index contributed by atoms with van der Waals surface area (Å²) < 4.78 is 33.4. The lowest BCUT2D eigenvalue weighted by atomic mass is 10.0. The third kappa shape index (κ3) is 42.5. The molecule has 0 aliphatic heterocycles. The van der Waals surface area contributed by atoms with Crippen LogP contribution < -0.4 is 0 Å². The minimum absolute atomic E-state index is 0.0520. The molecule has 0 aliphatic rings. The fourth-order valence-electron chi connectivity index (χ4n) is 6.56. The SMILES string of the molecule is CCCCCCC/C=C\C/C=C\CCCCCCCCCCCC(=O)OC(COCCCCCCCCCCCCCCCC)COP(=O)(O)OCC(O)CO. The van der Waals surface area contributed by atoms with Gasteiger partial charge in [0, 0.05) is 13.0 Å². The van der Waals surface area contributed by atoms with Crippen LogP contribution in [0.25, 0.3) is 0 Å². The van der Waals surface area contributed by atoms with Crippen LogP contribution in [0.15, 0.2) is 24.3 Å². The molecule has 0 aromatic heterocycles. The van der Waals surface area contributed by atoms with Crippen molar-refractivity contribution in [3.05, 3.63) is 24.3 Å². The second-order valence-corrected chi connectivity index (χ2v) is 17.2. The molecule has 0 bridgehead atoms. The highest BCUT2D eigenvalue weighted by Gasteiger charge is 2.26. The Hall–Kier alpha value is -1.06. The molecular weight excluding hydrogens is 727 g/mol. The van der Waals surface area contributed by atoms with Gasteiger partial charge >= 0.3 is 13.8 Å². The summed E-state index contributed by atoms with van der Waals surface area (Å²) >= 11 is 0. The molecule has 0 amide bonds. The van der Waals surface area contributed by atoms with Gasteiger partial charge in [0.2, 0.25) is 0 Å². The molecule has 0 fully saturated rings. The summed E-state index contributed by atoms with van der Waals surface area (Å²) in [5.41, 5.74) is 0. The topological polar surface area (TPSA) is 132 Å². The number of hydrogen-bond donors (Lipinski definition) is 3. The van der Waals surface area contributed by atoms with Crippen LogP contribution >= 0.6 is 7.82 Å². The van der Waals surface area contributed by atoms with Gasteiger partial charge in [-0.05, 0) is 44.9 Å². The van der Waals surface area contributed by atoms with E-state index in [2.05, 4.69) is 38.2 Å². The van der Waals surface area contributed by atoms with Crippen molar-refractivity contribution >= 4 is 13.8 Å². The third-order valence-electron chi connectivity index (χ3n) is 10.1. The van der Waals surface area contributed by atoms with E-state index in [1.807, 2.05) is 0 Å². The predicted octanol–water partition coefficient (Wildman–Crippen LogP) is 13.0. The van der Waals surface area contributed by atoms with Gasteiger partial charge < -0.3 is 24.6 Å². The molecule has 0 aliphatic carbocycles. The van der Waals surface area contributed by atoms with E-state index in [9.17, 15) is 19.4 Å². The number of aliphatic hydroxyl groups excluding tert-OH is 2. The first kappa shape index (κ1) is 54.9. The van der Waals surface area contributed by atoms with E-state index in [1.165, 1.54) is 161 Å². The maximum Gasteiger partial charge on any atom is 0.472 e. The number of carbonyl (C=O) groups excluding carboxylic acids is 1. The third-order valence-corrected chi connectivity index (χ3v) is 11.1. The molecule has 0 saturated heterocycles. The summed E-state index contributed by atoms with van der Waals surface area (Å²) in [6, 6.07) is 0. The van der Waals surface area contributed by atoms with Crippen LogP contribution in [0.4, 0.5) is 0 Å². The first-order valence-electron chi connectivity index (χ1n) is 23.3. The summed E-state index contributed by atoms with van der Waals surface area (Å²) in [5, 5.41) is 18.4. The van der Waals surface area contributed by atoms with Crippen LogP contribution in [0.3, 0.4) is 0 Å². The summed E-state index contributed by atoms with van der Waals surface area (Å²) in [6.45, 7) is 3.54. The molecule has 3 atom stereocenters. The molecule has 10 heteroatoms. The van der Waals surface area contributed by atoms with Gasteiger partial charge in [0.1, 0.15) is 12.2 Å². The monoisotopic (exact) mass is 817 g/mol. The van der Waals surface area contributed by atoms with Crippen LogP contribution in [-0.4, -0.2) is 66.3 Å². The van der Waals surface area contributed by atoms with Gasteiger partial charge in [-0.25, -0.2) is 4.57 Å².